The van der Waals surface area contributed by atoms with Crippen LogP contribution in [0.15, 0.2) is 84.9 Å². The van der Waals surface area contributed by atoms with Crippen LogP contribution in [0.1, 0.15) is 42.9 Å². The Bertz CT molecular complexity index is 1010. The van der Waals surface area contributed by atoms with Crippen molar-refractivity contribution in [3.8, 4) is 5.75 Å². The molecule has 1 atom stereocenters. The van der Waals surface area contributed by atoms with Crippen molar-refractivity contribution in [1.29, 1.82) is 0 Å². The van der Waals surface area contributed by atoms with Gasteiger partial charge in [-0.1, -0.05) is 72.8 Å². The first-order valence-corrected chi connectivity index (χ1v) is 11.2. The molecule has 0 aromatic heterocycles. The lowest BCUT2D eigenvalue weighted by atomic mass is 9.58. The number of piperidine rings is 1. The number of hydrogen-bond donors (Lipinski definition) is 1. The van der Waals surface area contributed by atoms with E-state index in [1.54, 1.807) is 7.11 Å². The number of hydrogen-bond acceptors (Lipinski definition) is 3. The van der Waals surface area contributed by atoms with Crippen molar-refractivity contribution in [2.24, 2.45) is 0 Å². The van der Waals surface area contributed by atoms with Gasteiger partial charge in [0.05, 0.1) is 7.11 Å². The molecular formula is C28H31NO3. The van der Waals surface area contributed by atoms with Crippen LogP contribution in [0.25, 0.3) is 0 Å². The highest BCUT2D eigenvalue weighted by molar-refractivity contribution is 5.83. The summed E-state index contributed by atoms with van der Waals surface area (Å²) < 4.78 is 5.41. The van der Waals surface area contributed by atoms with E-state index in [-0.39, 0.29) is 0 Å². The molecule has 4 nitrogen and oxygen atoms in total. The predicted octanol–water partition coefficient (Wildman–Crippen LogP) is 5.51. The molecule has 0 radical (unpaired) electrons. The summed E-state index contributed by atoms with van der Waals surface area (Å²) in [7, 11) is 1.66. The molecule has 1 saturated heterocycles. The Kier molecular flexibility index (Phi) is 6.33. The van der Waals surface area contributed by atoms with Crippen molar-refractivity contribution in [1.82, 2.24) is 4.90 Å². The molecule has 1 aliphatic heterocycles. The van der Waals surface area contributed by atoms with Crippen LogP contribution in [-0.4, -0.2) is 35.2 Å². The van der Waals surface area contributed by atoms with Crippen LogP contribution in [0.2, 0.25) is 0 Å². The van der Waals surface area contributed by atoms with Crippen LogP contribution in [-0.2, 0) is 16.8 Å². The minimum atomic E-state index is -1.09. The molecule has 1 heterocycles. The van der Waals surface area contributed by atoms with E-state index in [0.29, 0.717) is 13.0 Å². The number of methoxy groups -OCH3 is 1. The van der Waals surface area contributed by atoms with Gasteiger partial charge in [-0.2, -0.15) is 0 Å². The first-order valence-electron chi connectivity index (χ1n) is 11.2. The van der Waals surface area contributed by atoms with Gasteiger partial charge in [-0.3, -0.25) is 9.69 Å². The summed E-state index contributed by atoms with van der Waals surface area (Å²) in [4.78, 5) is 15.5. The minimum Gasteiger partial charge on any atom is -0.497 e. The van der Waals surface area contributed by atoms with E-state index in [2.05, 4.69) is 36.1 Å². The van der Waals surface area contributed by atoms with E-state index in [1.807, 2.05) is 60.7 Å². The fourth-order valence-corrected chi connectivity index (χ4v) is 5.45. The lowest BCUT2D eigenvalue weighted by molar-refractivity contribution is -0.160. The summed E-state index contributed by atoms with van der Waals surface area (Å²) in [6, 6.07) is 28.2. The third kappa shape index (κ3) is 3.69. The molecule has 1 fully saturated rings. The number of likely N-dealkylation sites (tertiary alicyclic amines) is 1. The van der Waals surface area contributed by atoms with Gasteiger partial charge < -0.3 is 9.84 Å². The summed E-state index contributed by atoms with van der Waals surface area (Å²) in [6.07, 6.45) is 2.46. The number of aliphatic carboxylic acids is 1. The van der Waals surface area contributed by atoms with E-state index >= 15 is 0 Å². The molecule has 0 amide bonds. The number of carboxylic acids is 1. The van der Waals surface area contributed by atoms with Crippen molar-refractivity contribution in [2.45, 2.75) is 43.7 Å². The second-order valence-electron chi connectivity index (χ2n) is 8.75. The number of nitrogens with zero attached hydrogens (tertiary/aromatic N) is 1. The van der Waals surface area contributed by atoms with Gasteiger partial charge in [-0.05, 0) is 61.6 Å². The quantitative estimate of drug-likeness (QED) is 0.538. The minimum absolute atomic E-state index is 0.554. The molecule has 1 unspecified atom stereocenters. The maximum Gasteiger partial charge on any atom is 0.325 e. The molecule has 3 aromatic rings. The molecule has 4 rings (SSSR count). The highest BCUT2D eigenvalue weighted by Crippen LogP contribution is 2.50. The molecule has 0 aliphatic carbocycles. The number of carbonyl (C=O) groups is 1. The second-order valence-corrected chi connectivity index (χ2v) is 8.75. The van der Waals surface area contributed by atoms with Crippen molar-refractivity contribution >= 4 is 5.97 Å². The van der Waals surface area contributed by atoms with Gasteiger partial charge >= 0.3 is 5.97 Å². The Morgan fingerprint density at radius 1 is 0.969 bits per heavy atom. The number of carboxylic acid groups (broad SMARTS) is 1. The Balaban J connectivity index is 1.90. The van der Waals surface area contributed by atoms with Crippen molar-refractivity contribution < 1.29 is 14.6 Å². The SMILES string of the molecule is COc1cccc(CN2CCCCC2(C(=O)O)C(C)(c2ccccc2)c2ccccc2)c1. The van der Waals surface area contributed by atoms with Gasteiger partial charge in [0.25, 0.3) is 0 Å². The Morgan fingerprint density at radius 3 is 2.16 bits per heavy atom. The van der Waals surface area contributed by atoms with Gasteiger partial charge in [-0.15, -0.1) is 0 Å². The van der Waals surface area contributed by atoms with Crippen LogP contribution < -0.4 is 4.74 Å². The average Bonchev–Trinajstić information content (AvgIpc) is 2.85. The zero-order valence-electron chi connectivity index (χ0n) is 18.8. The van der Waals surface area contributed by atoms with Crippen LogP contribution in [0.4, 0.5) is 0 Å². The van der Waals surface area contributed by atoms with E-state index in [0.717, 1.165) is 41.8 Å². The topological polar surface area (TPSA) is 49.8 Å². The van der Waals surface area contributed by atoms with E-state index in [9.17, 15) is 9.90 Å². The Labute approximate surface area is 190 Å². The average molecular weight is 430 g/mol. The van der Waals surface area contributed by atoms with Crippen LogP contribution >= 0.6 is 0 Å². The van der Waals surface area contributed by atoms with Crippen LogP contribution in [0, 0.1) is 0 Å². The number of benzene rings is 3. The van der Waals surface area contributed by atoms with Gasteiger partial charge in [0.2, 0.25) is 0 Å². The molecular weight excluding hydrogens is 398 g/mol. The molecule has 0 saturated carbocycles. The first kappa shape index (κ1) is 22.1. The first-order chi connectivity index (χ1) is 15.5. The lowest BCUT2D eigenvalue weighted by Crippen LogP contribution is -2.67. The van der Waals surface area contributed by atoms with Crippen molar-refractivity contribution in [2.75, 3.05) is 13.7 Å². The Hall–Kier alpha value is -3.11. The second kappa shape index (κ2) is 9.17. The van der Waals surface area contributed by atoms with Gasteiger partial charge in [0.15, 0.2) is 0 Å². The zero-order chi connectivity index (χ0) is 22.6. The van der Waals surface area contributed by atoms with E-state index < -0.39 is 16.9 Å². The number of ether oxygens (including phenoxy) is 1. The molecule has 1 N–H and O–H groups in total. The van der Waals surface area contributed by atoms with E-state index in [4.69, 9.17) is 4.74 Å². The highest BCUT2D eigenvalue weighted by Gasteiger charge is 2.59. The highest BCUT2D eigenvalue weighted by atomic mass is 16.5. The van der Waals surface area contributed by atoms with Gasteiger partial charge in [0, 0.05) is 12.0 Å². The lowest BCUT2D eigenvalue weighted by Gasteiger charge is -2.55. The van der Waals surface area contributed by atoms with Crippen LogP contribution in [0.3, 0.4) is 0 Å². The summed E-state index contributed by atoms with van der Waals surface area (Å²) in [5, 5.41) is 10.9. The van der Waals surface area contributed by atoms with Gasteiger partial charge in [0.1, 0.15) is 11.3 Å². The van der Waals surface area contributed by atoms with Crippen molar-refractivity contribution in [3.63, 3.8) is 0 Å². The molecule has 0 spiro atoms. The predicted molar refractivity (Wildman–Crippen MR) is 127 cm³/mol. The summed E-state index contributed by atoms with van der Waals surface area (Å²) in [6.45, 7) is 3.40. The largest absolute Gasteiger partial charge is 0.497 e. The molecule has 0 bridgehead atoms. The van der Waals surface area contributed by atoms with E-state index in [1.165, 1.54) is 0 Å². The maximum atomic E-state index is 13.3. The third-order valence-electron chi connectivity index (χ3n) is 7.15. The molecule has 4 heteroatoms. The fraction of sp³-hybridized carbons (Fsp3) is 0.321. The molecule has 3 aromatic carbocycles. The monoisotopic (exact) mass is 429 g/mol. The smallest absolute Gasteiger partial charge is 0.325 e. The third-order valence-corrected chi connectivity index (χ3v) is 7.15. The summed E-state index contributed by atoms with van der Waals surface area (Å²) in [5.74, 6) is 0.0182. The van der Waals surface area contributed by atoms with Gasteiger partial charge in [-0.25, -0.2) is 0 Å². The molecule has 166 valence electrons. The molecule has 1 aliphatic rings. The summed E-state index contributed by atoms with van der Waals surface area (Å²) >= 11 is 0. The fourth-order valence-electron chi connectivity index (χ4n) is 5.45. The van der Waals surface area contributed by atoms with Crippen molar-refractivity contribution in [3.05, 3.63) is 102 Å². The summed E-state index contributed by atoms with van der Waals surface area (Å²) in [5.41, 5.74) is 1.27. The van der Waals surface area contributed by atoms with Crippen LogP contribution in [0.5, 0.6) is 5.75 Å². The standard InChI is InChI=1S/C28H31NO3/c1-27(23-13-5-3-6-14-23,24-15-7-4-8-16-24)28(26(30)31)18-9-10-19-29(28)21-22-12-11-17-25(20-22)32-2/h3-8,11-17,20H,9-10,18-19,21H2,1-2H3,(H,30,31). The molecule has 32 heavy (non-hydrogen) atoms. The normalized spacial score (nSPS) is 19.4. The zero-order valence-corrected chi connectivity index (χ0v) is 18.8. The number of rotatable bonds is 7. The maximum absolute atomic E-state index is 13.3. The Morgan fingerprint density at radius 2 is 1.59 bits per heavy atom.